The van der Waals surface area contributed by atoms with E-state index < -0.39 is 0 Å². The third kappa shape index (κ3) is 3.52. The Balaban J connectivity index is 1.90. The number of aromatic amines is 1. The third-order valence-electron chi connectivity index (χ3n) is 5.11. The third-order valence-corrected chi connectivity index (χ3v) is 5.11. The lowest BCUT2D eigenvalue weighted by Gasteiger charge is -2.31. The zero-order valence-electron chi connectivity index (χ0n) is 15.2. The molecule has 2 aromatic rings. The number of hydrogen-bond donors (Lipinski definition) is 1. The number of hydrogen-bond acceptors (Lipinski definition) is 3. The van der Waals surface area contributed by atoms with Gasteiger partial charge in [0, 0.05) is 29.6 Å². The van der Waals surface area contributed by atoms with E-state index in [9.17, 15) is 9.59 Å². The van der Waals surface area contributed by atoms with Crippen molar-refractivity contribution in [2.75, 3.05) is 6.54 Å². The van der Waals surface area contributed by atoms with Gasteiger partial charge in [0.15, 0.2) is 0 Å². The molecule has 1 unspecified atom stereocenters. The van der Waals surface area contributed by atoms with Crippen LogP contribution in [0.1, 0.15) is 54.2 Å². The van der Waals surface area contributed by atoms with Gasteiger partial charge in [-0.1, -0.05) is 18.9 Å². The highest BCUT2D eigenvalue weighted by molar-refractivity contribution is 5.76. The molecule has 3 heterocycles. The van der Waals surface area contributed by atoms with Gasteiger partial charge in [0.25, 0.3) is 5.56 Å². The van der Waals surface area contributed by atoms with E-state index in [-0.39, 0.29) is 24.1 Å². The summed E-state index contributed by atoms with van der Waals surface area (Å²) < 4.78 is 1.51. The normalized spacial score (nSPS) is 18.2. The van der Waals surface area contributed by atoms with Gasteiger partial charge in [-0.2, -0.15) is 5.10 Å². The van der Waals surface area contributed by atoms with Gasteiger partial charge in [0.05, 0.1) is 11.7 Å². The molecule has 25 heavy (non-hydrogen) atoms. The van der Waals surface area contributed by atoms with Crippen LogP contribution in [0.15, 0.2) is 23.1 Å². The highest BCUT2D eigenvalue weighted by Crippen LogP contribution is 2.33. The minimum atomic E-state index is -0.0992. The molecule has 1 amide bonds. The maximum atomic E-state index is 13.0. The first kappa shape index (κ1) is 17.5. The largest absolute Gasteiger partial charge is 0.334 e. The Kier molecular flexibility index (Phi) is 5.06. The van der Waals surface area contributed by atoms with E-state index in [1.807, 2.05) is 24.8 Å². The molecule has 0 saturated carbocycles. The standard InChI is InChI=1S/C19H26N4O2/c1-13-8-7-10-22(19(13)25)12-17(24)23-11-6-4-5-9-16(23)18-14(2)20-21-15(18)3/h7-8,10,16H,4-6,9,11-12H2,1-3H3,(H,20,21). The molecule has 134 valence electrons. The molecule has 0 aromatic carbocycles. The second-order valence-corrected chi connectivity index (χ2v) is 6.92. The molecule has 3 rings (SSSR count). The summed E-state index contributed by atoms with van der Waals surface area (Å²) in [4.78, 5) is 27.2. The number of rotatable bonds is 3. The SMILES string of the molecule is Cc1n[nH]c(C)c1C1CCCCCN1C(=O)Cn1cccc(C)c1=O. The van der Waals surface area contributed by atoms with E-state index >= 15 is 0 Å². The summed E-state index contributed by atoms with van der Waals surface area (Å²) in [6.45, 7) is 6.59. The van der Waals surface area contributed by atoms with E-state index in [2.05, 4.69) is 10.2 Å². The summed E-state index contributed by atoms with van der Waals surface area (Å²) >= 11 is 0. The highest BCUT2D eigenvalue weighted by Gasteiger charge is 2.30. The van der Waals surface area contributed by atoms with Crippen LogP contribution in [0.4, 0.5) is 0 Å². The van der Waals surface area contributed by atoms with Crippen LogP contribution < -0.4 is 5.56 Å². The van der Waals surface area contributed by atoms with E-state index in [0.29, 0.717) is 5.56 Å². The lowest BCUT2D eigenvalue weighted by molar-refractivity contribution is -0.134. The van der Waals surface area contributed by atoms with Gasteiger partial charge in [0.2, 0.25) is 5.91 Å². The minimum absolute atomic E-state index is 0.000370. The van der Waals surface area contributed by atoms with Crippen molar-refractivity contribution in [1.29, 1.82) is 0 Å². The van der Waals surface area contributed by atoms with Crippen molar-refractivity contribution in [3.8, 4) is 0 Å². The number of amides is 1. The molecule has 6 heteroatoms. The van der Waals surface area contributed by atoms with E-state index in [1.165, 1.54) is 4.57 Å². The van der Waals surface area contributed by atoms with Crippen LogP contribution in [0.5, 0.6) is 0 Å². The van der Waals surface area contributed by atoms with Crippen LogP contribution in [0.25, 0.3) is 0 Å². The topological polar surface area (TPSA) is 71.0 Å². The van der Waals surface area contributed by atoms with Gasteiger partial charge < -0.3 is 9.47 Å². The van der Waals surface area contributed by atoms with E-state index in [4.69, 9.17) is 0 Å². The van der Waals surface area contributed by atoms with Gasteiger partial charge >= 0.3 is 0 Å². The number of likely N-dealkylation sites (tertiary alicyclic amines) is 1. The van der Waals surface area contributed by atoms with Crippen LogP contribution in [0.2, 0.25) is 0 Å². The Morgan fingerprint density at radius 3 is 2.80 bits per heavy atom. The summed E-state index contributed by atoms with van der Waals surface area (Å²) in [6.07, 6.45) is 5.86. The van der Waals surface area contributed by atoms with Crippen LogP contribution >= 0.6 is 0 Å². The fourth-order valence-corrected chi connectivity index (χ4v) is 3.78. The second-order valence-electron chi connectivity index (χ2n) is 6.92. The Morgan fingerprint density at radius 2 is 2.08 bits per heavy atom. The van der Waals surface area contributed by atoms with Crippen molar-refractivity contribution in [2.24, 2.45) is 0 Å². The van der Waals surface area contributed by atoms with Crippen molar-refractivity contribution in [1.82, 2.24) is 19.7 Å². The lowest BCUT2D eigenvalue weighted by Crippen LogP contribution is -2.39. The smallest absolute Gasteiger partial charge is 0.253 e. The quantitative estimate of drug-likeness (QED) is 0.932. The van der Waals surface area contributed by atoms with Crippen molar-refractivity contribution < 1.29 is 4.79 Å². The molecule has 0 bridgehead atoms. The first-order valence-electron chi connectivity index (χ1n) is 8.96. The molecule has 1 saturated heterocycles. The molecule has 1 fully saturated rings. The van der Waals surface area contributed by atoms with Gasteiger partial charge in [0.1, 0.15) is 6.54 Å². The molecule has 0 spiro atoms. The predicted molar refractivity (Wildman–Crippen MR) is 96.4 cm³/mol. The van der Waals surface area contributed by atoms with Gasteiger partial charge in [-0.15, -0.1) is 0 Å². The second kappa shape index (κ2) is 7.25. The van der Waals surface area contributed by atoms with E-state index in [1.54, 1.807) is 19.2 Å². The number of H-pyrrole nitrogens is 1. The van der Waals surface area contributed by atoms with Crippen LogP contribution in [0.3, 0.4) is 0 Å². The Hall–Kier alpha value is -2.37. The minimum Gasteiger partial charge on any atom is -0.334 e. The van der Waals surface area contributed by atoms with Crippen molar-refractivity contribution >= 4 is 5.91 Å². The number of aromatic nitrogens is 3. The average molecular weight is 342 g/mol. The molecule has 2 aromatic heterocycles. The lowest BCUT2D eigenvalue weighted by atomic mass is 9.99. The monoisotopic (exact) mass is 342 g/mol. The molecule has 0 aliphatic carbocycles. The number of carbonyl (C=O) groups is 1. The molecular formula is C19H26N4O2. The predicted octanol–water partition coefficient (Wildman–Crippen LogP) is 2.64. The zero-order chi connectivity index (χ0) is 18.0. The Labute approximate surface area is 147 Å². The molecule has 1 aliphatic heterocycles. The summed E-state index contributed by atoms with van der Waals surface area (Å²) in [7, 11) is 0. The van der Waals surface area contributed by atoms with Crippen LogP contribution in [-0.4, -0.2) is 32.1 Å². The van der Waals surface area contributed by atoms with Gasteiger partial charge in [-0.3, -0.25) is 14.7 Å². The fourth-order valence-electron chi connectivity index (χ4n) is 3.78. The molecule has 1 N–H and O–H groups in total. The molecule has 1 atom stereocenters. The maximum Gasteiger partial charge on any atom is 0.253 e. The molecular weight excluding hydrogens is 316 g/mol. The van der Waals surface area contributed by atoms with Crippen molar-refractivity contribution in [3.63, 3.8) is 0 Å². The molecule has 0 radical (unpaired) electrons. The number of carbonyl (C=O) groups excluding carboxylic acids is 1. The fraction of sp³-hybridized carbons (Fsp3) is 0.526. The summed E-state index contributed by atoms with van der Waals surface area (Å²) in [5.74, 6) is -0.000370. The average Bonchev–Trinajstić information content (AvgIpc) is 2.78. The highest BCUT2D eigenvalue weighted by atomic mass is 16.2. The van der Waals surface area contributed by atoms with Crippen molar-refractivity contribution in [3.05, 3.63) is 51.2 Å². The van der Waals surface area contributed by atoms with Crippen molar-refractivity contribution in [2.45, 2.75) is 59.0 Å². The molecule has 6 nitrogen and oxygen atoms in total. The van der Waals surface area contributed by atoms with Crippen LogP contribution in [0, 0.1) is 20.8 Å². The molecule has 1 aliphatic rings. The Morgan fingerprint density at radius 1 is 1.28 bits per heavy atom. The Bertz CT molecular complexity index is 802. The number of pyridine rings is 1. The number of nitrogens with zero attached hydrogens (tertiary/aromatic N) is 3. The number of nitrogens with one attached hydrogen (secondary N) is 1. The number of aryl methyl sites for hydroxylation is 3. The van der Waals surface area contributed by atoms with Gasteiger partial charge in [-0.25, -0.2) is 0 Å². The summed E-state index contributed by atoms with van der Waals surface area (Å²) in [5, 5.41) is 7.34. The first-order valence-corrected chi connectivity index (χ1v) is 8.96. The van der Waals surface area contributed by atoms with E-state index in [0.717, 1.165) is 49.2 Å². The maximum absolute atomic E-state index is 13.0. The van der Waals surface area contributed by atoms with Crippen LogP contribution in [-0.2, 0) is 11.3 Å². The zero-order valence-corrected chi connectivity index (χ0v) is 15.2. The first-order chi connectivity index (χ1) is 12.0. The summed E-state index contributed by atoms with van der Waals surface area (Å²) in [6, 6.07) is 3.62. The summed E-state index contributed by atoms with van der Waals surface area (Å²) in [5.41, 5.74) is 3.67. The van der Waals surface area contributed by atoms with Gasteiger partial charge in [-0.05, 0) is 39.7 Å².